The van der Waals surface area contributed by atoms with Crippen molar-refractivity contribution in [3.05, 3.63) is 35.9 Å². The van der Waals surface area contributed by atoms with Crippen LogP contribution in [0.2, 0.25) is 0 Å². The highest BCUT2D eigenvalue weighted by atomic mass is 16.6. The van der Waals surface area contributed by atoms with Crippen molar-refractivity contribution in [3.8, 4) is 0 Å². The van der Waals surface area contributed by atoms with Crippen LogP contribution < -0.4 is 0 Å². The SMILES string of the molecule is CC(C)(C)OC(=O)N(CC(=O)COCc1ccccc1)C1CCCCC1. The normalized spacial score (nSPS) is 15.5. The van der Waals surface area contributed by atoms with Crippen molar-refractivity contribution >= 4 is 11.9 Å². The number of rotatable bonds is 7. The minimum Gasteiger partial charge on any atom is -0.444 e. The van der Waals surface area contributed by atoms with Crippen LogP contribution in [0.4, 0.5) is 4.79 Å². The molecular formula is C21H31NO4. The van der Waals surface area contributed by atoms with E-state index in [2.05, 4.69) is 0 Å². The molecule has 0 bridgehead atoms. The molecule has 0 heterocycles. The molecule has 0 unspecified atom stereocenters. The van der Waals surface area contributed by atoms with Gasteiger partial charge in [-0.2, -0.15) is 0 Å². The molecule has 0 spiro atoms. The van der Waals surface area contributed by atoms with Crippen molar-refractivity contribution in [1.29, 1.82) is 0 Å². The van der Waals surface area contributed by atoms with Gasteiger partial charge >= 0.3 is 6.09 Å². The fourth-order valence-electron chi connectivity index (χ4n) is 3.15. The van der Waals surface area contributed by atoms with Crippen LogP contribution in [0, 0.1) is 0 Å². The number of ether oxygens (including phenoxy) is 2. The molecule has 0 N–H and O–H groups in total. The molecule has 0 radical (unpaired) electrons. The summed E-state index contributed by atoms with van der Waals surface area (Å²) in [4.78, 5) is 26.6. The van der Waals surface area contributed by atoms with E-state index in [0.29, 0.717) is 6.61 Å². The molecule has 0 atom stereocenters. The van der Waals surface area contributed by atoms with Crippen LogP contribution in [0.1, 0.15) is 58.4 Å². The number of ketones is 1. The first-order valence-electron chi connectivity index (χ1n) is 9.48. The van der Waals surface area contributed by atoms with E-state index < -0.39 is 11.7 Å². The summed E-state index contributed by atoms with van der Waals surface area (Å²) >= 11 is 0. The third kappa shape index (κ3) is 7.16. The molecule has 26 heavy (non-hydrogen) atoms. The van der Waals surface area contributed by atoms with Gasteiger partial charge in [0.2, 0.25) is 0 Å². The van der Waals surface area contributed by atoms with Gasteiger partial charge in [0, 0.05) is 6.04 Å². The number of carbonyl (C=O) groups excluding carboxylic acids is 2. The number of benzene rings is 1. The second-order valence-corrected chi connectivity index (χ2v) is 7.92. The Hall–Kier alpha value is -1.88. The molecule has 1 fully saturated rings. The maximum absolute atomic E-state index is 12.6. The van der Waals surface area contributed by atoms with E-state index >= 15 is 0 Å². The zero-order valence-corrected chi connectivity index (χ0v) is 16.2. The fourth-order valence-corrected chi connectivity index (χ4v) is 3.15. The van der Waals surface area contributed by atoms with E-state index in [4.69, 9.17) is 9.47 Å². The third-order valence-corrected chi connectivity index (χ3v) is 4.36. The monoisotopic (exact) mass is 361 g/mol. The average molecular weight is 361 g/mol. The largest absolute Gasteiger partial charge is 0.444 e. The van der Waals surface area contributed by atoms with Crippen LogP contribution >= 0.6 is 0 Å². The van der Waals surface area contributed by atoms with Crippen molar-refractivity contribution in [2.45, 2.75) is 71.1 Å². The Kier molecular flexibility index (Phi) is 7.64. The highest BCUT2D eigenvalue weighted by Gasteiger charge is 2.30. The summed E-state index contributed by atoms with van der Waals surface area (Å²) in [5, 5.41) is 0. The Labute approximate surface area is 156 Å². The van der Waals surface area contributed by atoms with Gasteiger partial charge in [0.1, 0.15) is 12.2 Å². The van der Waals surface area contributed by atoms with Gasteiger partial charge in [-0.3, -0.25) is 9.69 Å². The van der Waals surface area contributed by atoms with Crippen molar-refractivity contribution < 1.29 is 19.1 Å². The van der Waals surface area contributed by atoms with Gasteiger partial charge in [-0.1, -0.05) is 49.6 Å². The Morgan fingerprint density at radius 2 is 1.73 bits per heavy atom. The van der Waals surface area contributed by atoms with Crippen molar-refractivity contribution in [3.63, 3.8) is 0 Å². The fraction of sp³-hybridized carbons (Fsp3) is 0.619. The molecule has 144 valence electrons. The molecule has 0 aliphatic heterocycles. The second-order valence-electron chi connectivity index (χ2n) is 7.92. The van der Waals surface area contributed by atoms with Crippen molar-refractivity contribution in [2.75, 3.05) is 13.2 Å². The molecule has 0 aromatic heterocycles. The molecular weight excluding hydrogens is 330 g/mol. The maximum Gasteiger partial charge on any atom is 0.410 e. The molecule has 1 saturated carbocycles. The van der Waals surface area contributed by atoms with Crippen LogP contribution in [-0.2, 0) is 20.9 Å². The number of Topliss-reactive ketones (excluding diaryl/α,β-unsaturated/α-hetero) is 1. The third-order valence-electron chi connectivity index (χ3n) is 4.36. The Bertz CT molecular complexity index is 573. The zero-order chi connectivity index (χ0) is 19.0. The van der Waals surface area contributed by atoms with Gasteiger partial charge < -0.3 is 9.47 Å². The van der Waals surface area contributed by atoms with E-state index in [1.165, 1.54) is 6.42 Å². The molecule has 1 aliphatic rings. The van der Waals surface area contributed by atoms with E-state index in [1.54, 1.807) is 4.90 Å². The first kappa shape index (κ1) is 20.4. The maximum atomic E-state index is 12.6. The quantitative estimate of drug-likeness (QED) is 0.725. The van der Waals surface area contributed by atoms with E-state index in [-0.39, 0.29) is 25.0 Å². The molecule has 1 aromatic rings. The number of amides is 1. The smallest absolute Gasteiger partial charge is 0.410 e. The van der Waals surface area contributed by atoms with Gasteiger partial charge in [0.05, 0.1) is 13.2 Å². The zero-order valence-electron chi connectivity index (χ0n) is 16.2. The molecule has 5 heteroatoms. The van der Waals surface area contributed by atoms with E-state index in [9.17, 15) is 9.59 Å². The average Bonchev–Trinajstić information content (AvgIpc) is 2.60. The van der Waals surface area contributed by atoms with Crippen LogP contribution in [0.15, 0.2) is 30.3 Å². The number of nitrogens with zero attached hydrogens (tertiary/aromatic N) is 1. The van der Waals surface area contributed by atoms with E-state index in [1.807, 2.05) is 51.1 Å². The van der Waals surface area contributed by atoms with Gasteiger partial charge in [0.15, 0.2) is 5.78 Å². The van der Waals surface area contributed by atoms with Gasteiger partial charge in [-0.05, 0) is 39.2 Å². The molecule has 2 rings (SSSR count). The van der Waals surface area contributed by atoms with Gasteiger partial charge in [-0.25, -0.2) is 4.79 Å². The highest BCUT2D eigenvalue weighted by molar-refractivity contribution is 5.85. The lowest BCUT2D eigenvalue weighted by atomic mass is 9.94. The standard InChI is InChI=1S/C21H31NO4/c1-21(2,3)26-20(24)22(18-12-8-5-9-13-18)14-19(23)16-25-15-17-10-6-4-7-11-17/h4,6-7,10-11,18H,5,8-9,12-16H2,1-3H3. The molecule has 0 saturated heterocycles. The Morgan fingerprint density at radius 1 is 1.08 bits per heavy atom. The molecule has 5 nitrogen and oxygen atoms in total. The minimum atomic E-state index is -0.573. The van der Waals surface area contributed by atoms with Crippen LogP contribution in [0.25, 0.3) is 0 Å². The first-order valence-corrected chi connectivity index (χ1v) is 9.48. The summed E-state index contributed by atoms with van der Waals surface area (Å²) < 4.78 is 11.0. The minimum absolute atomic E-state index is 0.000905. The van der Waals surface area contributed by atoms with Crippen molar-refractivity contribution in [2.24, 2.45) is 0 Å². The Morgan fingerprint density at radius 3 is 2.35 bits per heavy atom. The van der Waals surface area contributed by atoms with Gasteiger partial charge in [0.25, 0.3) is 0 Å². The second kappa shape index (κ2) is 9.72. The first-order chi connectivity index (χ1) is 12.3. The Balaban J connectivity index is 1.89. The summed E-state index contributed by atoms with van der Waals surface area (Å²) in [6.07, 6.45) is 4.81. The van der Waals surface area contributed by atoms with E-state index in [0.717, 1.165) is 31.2 Å². The summed E-state index contributed by atoms with van der Waals surface area (Å²) in [7, 11) is 0. The summed E-state index contributed by atoms with van der Waals surface area (Å²) in [6.45, 7) is 5.97. The molecule has 1 amide bonds. The number of carbonyl (C=O) groups is 2. The van der Waals surface area contributed by atoms with Crippen LogP contribution in [0.5, 0.6) is 0 Å². The molecule has 1 aromatic carbocycles. The van der Waals surface area contributed by atoms with Gasteiger partial charge in [-0.15, -0.1) is 0 Å². The predicted molar refractivity (Wildman–Crippen MR) is 101 cm³/mol. The summed E-state index contributed by atoms with van der Waals surface area (Å²) in [6, 6.07) is 9.81. The number of hydrogen-bond donors (Lipinski definition) is 0. The highest BCUT2D eigenvalue weighted by Crippen LogP contribution is 2.24. The lowest BCUT2D eigenvalue weighted by molar-refractivity contribution is -0.125. The van der Waals surface area contributed by atoms with Crippen molar-refractivity contribution in [1.82, 2.24) is 4.90 Å². The predicted octanol–water partition coefficient (Wildman–Crippen LogP) is 4.34. The lowest BCUT2D eigenvalue weighted by Gasteiger charge is -2.35. The molecule has 1 aliphatic carbocycles. The van der Waals surface area contributed by atoms with Crippen LogP contribution in [-0.4, -0.2) is 41.6 Å². The summed E-state index contributed by atoms with van der Waals surface area (Å²) in [5.74, 6) is -0.0997. The van der Waals surface area contributed by atoms with Crippen LogP contribution in [0.3, 0.4) is 0 Å². The lowest BCUT2D eigenvalue weighted by Crippen LogP contribution is -2.47. The number of hydrogen-bond acceptors (Lipinski definition) is 4. The topological polar surface area (TPSA) is 55.8 Å². The summed E-state index contributed by atoms with van der Waals surface area (Å²) in [5.41, 5.74) is 0.452.